The second-order valence-electron chi connectivity index (χ2n) is 4.72. The normalized spacial score (nSPS) is 21.7. The molecule has 0 aliphatic carbocycles. The minimum absolute atomic E-state index is 0.0637. The van der Waals surface area contributed by atoms with Gasteiger partial charge in [-0.15, -0.1) is 11.3 Å². The molecule has 1 aromatic rings. The number of carboxylic acids is 1. The van der Waals surface area contributed by atoms with Crippen LogP contribution in [0.2, 0.25) is 0 Å². The van der Waals surface area contributed by atoms with Crippen molar-refractivity contribution in [1.29, 1.82) is 0 Å². The minimum Gasteiger partial charge on any atom is -0.481 e. The number of hydrogen-bond donors (Lipinski definition) is 3. The molecule has 1 aromatic heterocycles. The maximum Gasteiger partial charge on any atom is 0.305 e. The highest BCUT2D eigenvalue weighted by molar-refractivity contribution is 7.10. The molecule has 0 saturated carbocycles. The smallest absolute Gasteiger partial charge is 0.305 e. The summed E-state index contributed by atoms with van der Waals surface area (Å²) in [5.41, 5.74) is 0. The fourth-order valence-electron chi connectivity index (χ4n) is 2.32. The second-order valence-corrected chi connectivity index (χ2v) is 5.70. The predicted octanol–water partition coefficient (Wildman–Crippen LogP) is 2.00. The van der Waals surface area contributed by atoms with E-state index in [0.717, 1.165) is 18.0 Å². The van der Waals surface area contributed by atoms with Crippen LogP contribution >= 0.6 is 11.3 Å². The molecule has 3 N–H and O–H groups in total. The van der Waals surface area contributed by atoms with Crippen LogP contribution in [0.25, 0.3) is 0 Å². The zero-order valence-corrected chi connectivity index (χ0v) is 11.2. The van der Waals surface area contributed by atoms with Crippen molar-refractivity contribution in [2.75, 3.05) is 13.1 Å². The summed E-state index contributed by atoms with van der Waals surface area (Å²) in [6, 6.07) is 4.39. The molecule has 0 radical (unpaired) electrons. The lowest BCUT2D eigenvalue weighted by atomic mass is 10.0. The van der Waals surface area contributed by atoms with E-state index in [4.69, 9.17) is 5.11 Å². The summed E-state index contributed by atoms with van der Waals surface area (Å²) in [5, 5.41) is 17.8. The molecule has 5 heteroatoms. The summed E-state index contributed by atoms with van der Waals surface area (Å²) in [6.07, 6.45) is 3.84. The average molecular weight is 268 g/mol. The molecule has 1 aliphatic rings. The summed E-state index contributed by atoms with van der Waals surface area (Å²) in [4.78, 5) is 12.0. The van der Waals surface area contributed by atoms with Crippen LogP contribution < -0.4 is 10.6 Å². The summed E-state index contributed by atoms with van der Waals surface area (Å²) < 4.78 is 0. The van der Waals surface area contributed by atoms with E-state index >= 15 is 0 Å². The molecule has 1 saturated heterocycles. The van der Waals surface area contributed by atoms with Gasteiger partial charge in [0.15, 0.2) is 0 Å². The lowest BCUT2D eigenvalue weighted by Gasteiger charge is -2.26. The van der Waals surface area contributed by atoms with Gasteiger partial charge in [-0.3, -0.25) is 4.79 Å². The van der Waals surface area contributed by atoms with Crippen molar-refractivity contribution in [2.45, 2.75) is 37.8 Å². The quantitative estimate of drug-likeness (QED) is 0.738. The third-order valence-corrected chi connectivity index (χ3v) is 4.27. The van der Waals surface area contributed by atoms with Crippen molar-refractivity contribution in [3.05, 3.63) is 22.4 Å². The van der Waals surface area contributed by atoms with Gasteiger partial charge in [-0.2, -0.15) is 0 Å². The van der Waals surface area contributed by atoms with Gasteiger partial charge in [-0.25, -0.2) is 0 Å². The molecule has 100 valence electrons. The van der Waals surface area contributed by atoms with E-state index in [1.165, 1.54) is 19.3 Å². The molecule has 2 heterocycles. The number of aliphatic carboxylic acids is 1. The van der Waals surface area contributed by atoms with Crippen molar-refractivity contribution in [3.63, 3.8) is 0 Å². The van der Waals surface area contributed by atoms with E-state index < -0.39 is 5.97 Å². The van der Waals surface area contributed by atoms with Gasteiger partial charge in [0.25, 0.3) is 0 Å². The lowest BCUT2D eigenvalue weighted by Crippen LogP contribution is -2.42. The maximum absolute atomic E-state index is 10.9. The second kappa shape index (κ2) is 6.87. The molecule has 18 heavy (non-hydrogen) atoms. The van der Waals surface area contributed by atoms with Gasteiger partial charge in [-0.05, 0) is 30.8 Å². The number of piperidine rings is 1. The molecule has 0 bridgehead atoms. The summed E-state index contributed by atoms with van der Waals surface area (Å²) in [5.74, 6) is -0.752. The van der Waals surface area contributed by atoms with Gasteiger partial charge in [0, 0.05) is 17.5 Å². The first-order valence-corrected chi connectivity index (χ1v) is 7.35. The van der Waals surface area contributed by atoms with Crippen molar-refractivity contribution in [2.24, 2.45) is 0 Å². The molecule has 2 unspecified atom stereocenters. The number of carbonyl (C=O) groups is 1. The van der Waals surface area contributed by atoms with Crippen molar-refractivity contribution < 1.29 is 9.90 Å². The van der Waals surface area contributed by atoms with E-state index in [2.05, 4.69) is 10.6 Å². The summed E-state index contributed by atoms with van der Waals surface area (Å²) >= 11 is 1.61. The van der Waals surface area contributed by atoms with Gasteiger partial charge in [0.2, 0.25) is 0 Å². The average Bonchev–Trinajstić information content (AvgIpc) is 2.89. The molecule has 0 spiro atoms. The molecule has 4 nitrogen and oxygen atoms in total. The Hall–Kier alpha value is -0.910. The van der Waals surface area contributed by atoms with Gasteiger partial charge >= 0.3 is 5.97 Å². The third-order valence-electron chi connectivity index (χ3n) is 3.29. The largest absolute Gasteiger partial charge is 0.481 e. The number of carboxylic acid groups (broad SMARTS) is 1. The Morgan fingerprint density at radius 3 is 3.11 bits per heavy atom. The number of thiophene rings is 1. The van der Waals surface area contributed by atoms with E-state index in [0.29, 0.717) is 6.04 Å². The highest BCUT2D eigenvalue weighted by Crippen LogP contribution is 2.22. The van der Waals surface area contributed by atoms with Gasteiger partial charge in [0.1, 0.15) is 0 Å². The number of nitrogens with one attached hydrogen (secondary N) is 2. The van der Waals surface area contributed by atoms with Crippen molar-refractivity contribution in [1.82, 2.24) is 10.6 Å². The topological polar surface area (TPSA) is 61.4 Å². The molecule has 1 aliphatic heterocycles. The first-order valence-electron chi connectivity index (χ1n) is 6.47. The predicted molar refractivity (Wildman–Crippen MR) is 73.0 cm³/mol. The van der Waals surface area contributed by atoms with E-state index in [1.807, 2.05) is 17.5 Å². The van der Waals surface area contributed by atoms with Gasteiger partial charge < -0.3 is 15.7 Å². The first-order chi connectivity index (χ1) is 8.75. The lowest BCUT2D eigenvalue weighted by molar-refractivity contribution is -0.137. The monoisotopic (exact) mass is 268 g/mol. The number of rotatable bonds is 6. The van der Waals surface area contributed by atoms with Crippen LogP contribution in [-0.4, -0.2) is 30.2 Å². The zero-order chi connectivity index (χ0) is 12.8. The van der Waals surface area contributed by atoms with Crippen LogP contribution in [0.15, 0.2) is 17.5 Å². The Kier molecular flexibility index (Phi) is 5.16. The highest BCUT2D eigenvalue weighted by atomic mass is 32.1. The molecular weight excluding hydrogens is 248 g/mol. The van der Waals surface area contributed by atoms with Crippen molar-refractivity contribution >= 4 is 17.3 Å². The summed E-state index contributed by atoms with van der Waals surface area (Å²) in [7, 11) is 0. The molecule has 0 aromatic carbocycles. The molecule has 2 atom stereocenters. The standard InChI is InChI=1S/C13H20N2O2S/c16-13(17)8-11(12-5-3-7-18-12)15-9-10-4-1-2-6-14-10/h3,5,7,10-11,14-15H,1-2,4,6,8-9H2,(H,16,17). The Balaban J connectivity index is 1.86. The van der Waals surface area contributed by atoms with Crippen LogP contribution in [0.4, 0.5) is 0 Å². The Morgan fingerprint density at radius 1 is 1.61 bits per heavy atom. The highest BCUT2D eigenvalue weighted by Gasteiger charge is 2.19. The van der Waals surface area contributed by atoms with Crippen LogP contribution in [-0.2, 0) is 4.79 Å². The fourth-order valence-corrected chi connectivity index (χ4v) is 3.12. The Bertz CT molecular complexity index is 361. The Labute approximate surface area is 111 Å². The molecule has 2 rings (SSSR count). The number of hydrogen-bond acceptors (Lipinski definition) is 4. The van der Waals surface area contributed by atoms with Gasteiger partial charge in [-0.1, -0.05) is 12.5 Å². The fraction of sp³-hybridized carbons (Fsp3) is 0.615. The van der Waals surface area contributed by atoms with E-state index in [1.54, 1.807) is 11.3 Å². The Morgan fingerprint density at radius 2 is 2.50 bits per heavy atom. The van der Waals surface area contributed by atoms with Crippen LogP contribution in [0, 0.1) is 0 Å². The van der Waals surface area contributed by atoms with E-state index in [9.17, 15) is 4.79 Å². The minimum atomic E-state index is -0.752. The van der Waals surface area contributed by atoms with Crippen molar-refractivity contribution in [3.8, 4) is 0 Å². The van der Waals surface area contributed by atoms with Crippen LogP contribution in [0.1, 0.15) is 36.6 Å². The molecular formula is C13H20N2O2S. The first kappa shape index (κ1) is 13.5. The molecule has 0 amide bonds. The van der Waals surface area contributed by atoms with Gasteiger partial charge in [0.05, 0.1) is 12.5 Å². The third kappa shape index (κ3) is 4.08. The van der Waals surface area contributed by atoms with Crippen LogP contribution in [0.5, 0.6) is 0 Å². The van der Waals surface area contributed by atoms with E-state index in [-0.39, 0.29) is 12.5 Å². The summed E-state index contributed by atoms with van der Waals surface area (Å²) in [6.45, 7) is 1.92. The van der Waals surface area contributed by atoms with Crippen LogP contribution in [0.3, 0.4) is 0 Å². The SMILES string of the molecule is O=C(O)CC(NCC1CCCCN1)c1cccs1. The maximum atomic E-state index is 10.9. The molecule has 1 fully saturated rings. The zero-order valence-electron chi connectivity index (χ0n) is 10.4.